The van der Waals surface area contributed by atoms with Gasteiger partial charge in [-0.15, -0.1) is 0 Å². The molecule has 0 aliphatic rings. The largest absolute Gasteiger partial charge is 0.462 e. The van der Waals surface area contributed by atoms with Crippen molar-refractivity contribution in [2.45, 2.75) is 277 Å². The summed E-state index contributed by atoms with van der Waals surface area (Å²) in [6, 6.07) is 0. The van der Waals surface area contributed by atoms with Gasteiger partial charge in [-0.05, 0) is 109 Å². The minimum absolute atomic E-state index is 0.108. The maximum Gasteiger partial charge on any atom is 0.306 e. The Kier molecular flexibility index (Phi) is 56.4. The van der Waals surface area contributed by atoms with E-state index in [9.17, 15) is 14.4 Å². The predicted octanol–water partition coefficient (Wildman–Crippen LogP) is 20.3. The van der Waals surface area contributed by atoms with E-state index in [1.54, 1.807) is 0 Å². The number of ether oxygens (including phenoxy) is 3. The van der Waals surface area contributed by atoms with Crippen LogP contribution in [0.4, 0.5) is 0 Å². The lowest BCUT2D eigenvalue weighted by Gasteiger charge is -2.18. The van der Waals surface area contributed by atoms with Crippen LogP contribution in [0.3, 0.4) is 0 Å². The van der Waals surface area contributed by atoms with E-state index in [1.807, 2.05) is 12.2 Å². The molecule has 1 atom stereocenters. The van der Waals surface area contributed by atoms with Gasteiger partial charge in [-0.3, -0.25) is 14.4 Å². The van der Waals surface area contributed by atoms with E-state index in [-0.39, 0.29) is 37.5 Å². The highest BCUT2D eigenvalue weighted by Gasteiger charge is 2.19. The van der Waals surface area contributed by atoms with Crippen LogP contribution < -0.4 is 0 Å². The zero-order valence-corrected chi connectivity index (χ0v) is 46.9. The van der Waals surface area contributed by atoms with Crippen molar-refractivity contribution in [2.24, 2.45) is 0 Å². The van der Waals surface area contributed by atoms with Crippen LogP contribution in [0.1, 0.15) is 271 Å². The Morgan fingerprint density at radius 1 is 0.292 bits per heavy atom. The number of rotatable bonds is 53. The van der Waals surface area contributed by atoms with Crippen molar-refractivity contribution in [2.75, 3.05) is 13.2 Å². The molecule has 1 unspecified atom stereocenters. The summed E-state index contributed by atoms with van der Waals surface area (Å²) < 4.78 is 16.8. The second-order valence-corrected chi connectivity index (χ2v) is 19.5. The minimum atomic E-state index is -0.816. The molecule has 0 aromatic heterocycles. The quantitative estimate of drug-likeness (QED) is 0.0261. The molecule has 0 rings (SSSR count). The molecule has 6 heteroatoms. The Morgan fingerprint density at radius 2 is 0.583 bits per heavy atom. The van der Waals surface area contributed by atoms with Crippen molar-refractivity contribution in [3.05, 3.63) is 109 Å². The molecule has 0 saturated carbocycles. The van der Waals surface area contributed by atoms with Gasteiger partial charge in [-0.25, -0.2) is 0 Å². The molecule has 0 spiro atoms. The molecule has 0 aliphatic heterocycles. The average Bonchev–Trinajstić information content (AvgIpc) is 3.38. The lowest BCUT2D eigenvalue weighted by Crippen LogP contribution is -2.30. The minimum Gasteiger partial charge on any atom is -0.462 e. The Bertz CT molecular complexity index is 1470. The monoisotopic (exact) mass is 999 g/mol. The zero-order valence-electron chi connectivity index (χ0n) is 46.9. The summed E-state index contributed by atoms with van der Waals surface area (Å²) in [6.45, 7) is 6.40. The lowest BCUT2D eigenvalue weighted by molar-refractivity contribution is -0.166. The highest BCUT2D eigenvalue weighted by Crippen LogP contribution is 2.15. The summed E-state index contributed by atoms with van der Waals surface area (Å²) in [4.78, 5) is 38.1. The van der Waals surface area contributed by atoms with Crippen LogP contribution in [-0.2, 0) is 28.6 Å². The molecule has 0 aliphatic carbocycles. The van der Waals surface area contributed by atoms with Crippen LogP contribution >= 0.6 is 0 Å². The van der Waals surface area contributed by atoms with Crippen LogP contribution in [0.5, 0.6) is 0 Å². The third-order valence-corrected chi connectivity index (χ3v) is 12.5. The molecular weight excluding hydrogens is 889 g/mol. The van der Waals surface area contributed by atoms with Crippen molar-refractivity contribution in [3.8, 4) is 0 Å². The van der Waals surface area contributed by atoms with E-state index >= 15 is 0 Å². The fourth-order valence-electron chi connectivity index (χ4n) is 8.01. The van der Waals surface area contributed by atoms with Gasteiger partial charge in [0.15, 0.2) is 6.10 Å². The summed E-state index contributed by atoms with van der Waals surface area (Å²) in [7, 11) is 0. The Hall–Kier alpha value is -3.93. The third kappa shape index (κ3) is 57.0. The Labute approximate surface area is 444 Å². The maximum atomic E-state index is 12.8. The van der Waals surface area contributed by atoms with Crippen molar-refractivity contribution < 1.29 is 28.6 Å². The van der Waals surface area contributed by atoms with E-state index < -0.39 is 6.10 Å². The highest BCUT2D eigenvalue weighted by atomic mass is 16.6. The van der Waals surface area contributed by atoms with Gasteiger partial charge in [-0.2, -0.15) is 0 Å². The molecule has 6 nitrogen and oxygen atoms in total. The van der Waals surface area contributed by atoms with Crippen LogP contribution in [0.25, 0.3) is 0 Å². The van der Waals surface area contributed by atoms with Gasteiger partial charge < -0.3 is 14.2 Å². The fourth-order valence-corrected chi connectivity index (χ4v) is 8.01. The SMILES string of the molecule is CC/C=C\C/C=C\C/C=C\C/C=C\CCC(=O)OCC(COC(=O)CCCCCCCCCCCCCC/C=C\C/C=C\C/C=C\CCCCCCC)OC(=O)CCCCCCC/C=C\C/C=C\CCCC. The first-order valence-corrected chi connectivity index (χ1v) is 29.9. The Morgan fingerprint density at radius 3 is 0.972 bits per heavy atom. The highest BCUT2D eigenvalue weighted by molar-refractivity contribution is 5.71. The molecule has 0 fully saturated rings. The van der Waals surface area contributed by atoms with Crippen LogP contribution in [0.2, 0.25) is 0 Å². The van der Waals surface area contributed by atoms with Gasteiger partial charge in [-0.1, -0.05) is 252 Å². The van der Waals surface area contributed by atoms with E-state index in [0.717, 1.165) is 103 Å². The molecule has 410 valence electrons. The molecule has 0 N–H and O–H groups in total. The molecule has 0 bridgehead atoms. The van der Waals surface area contributed by atoms with Crippen LogP contribution in [0.15, 0.2) is 109 Å². The van der Waals surface area contributed by atoms with Gasteiger partial charge in [0.25, 0.3) is 0 Å². The number of unbranched alkanes of at least 4 members (excludes halogenated alkanes) is 24. The van der Waals surface area contributed by atoms with Crippen LogP contribution in [0, 0.1) is 0 Å². The molecule has 0 amide bonds. The summed E-state index contributed by atoms with van der Waals surface area (Å²) in [5.41, 5.74) is 0. The third-order valence-electron chi connectivity index (χ3n) is 12.5. The lowest BCUT2D eigenvalue weighted by atomic mass is 10.0. The normalized spacial score (nSPS) is 12.9. The summed E-state index contributed by atoms with van der Waals surface area (Å²) in [5, 5.41) is 0. The number of esters is 3. The molecule has 0 saturated heterocycles. The maximum absolute atomic E-state index is 12.8. The molecule has 72 heavy (non-hydrogen) atoms. The topological polar surface area (TPSA) is 78.9 Å². The van der Waals surface area contributed by atoms with Crippen molar-refractivity contribution in [3.63, 3.8) is 0 Å². The molecule has 0 heterocycles. The summed E-state index contributed by atoms with van der Waals surface area (Å²) in [5.74, 6) is -1.01. The number of allylic oxidation sites excluding steroid dienone is 18. The van der Waals surface area contributed by atoms with Gasteiger partial charge >= 0.3 is 17.9 Å². The predicted molar refractivity (Wildman–Crippen MR) is 311 cm³/mol. The summed E-state index contributed by atoms with van der Waals surface area (Å²) in [6.07, 6.45) is 81.1. The number of hydrogen-bond donors (Lipinski definition) is 0. The second-order valence-electron chi connectivity index (χ2n) is 19.5. The Balaban J connectivity index is 4.32. The fraction of sp³-hybridized carbons (Fsp3) is 0.682. The molecule has 0 aromatic rings. The van der Waals surface area contributed by atoms with Gasteiger partial charge in [0, 0.05) is 19.3 Å². The van der Waals surface area contributed by atoms with Crippen molar-refractivity contribution >= 4 is 17.9 Å². The van der Waals surface area contributed by atoms with E-state index in [0.29, 0.717) is 19.3 Å². The van der Waals surface area contributed by atoms with Crippen molar-refractivity contribution in [1.82, 2.24) is 0 Å². The number of carbonyl (C=O) groups is 3. The van der Waals surface area contributed by atoms with E-state index in [2.05, 4.69) is 118 Å². The summed E-state index contributed by atoms with van der Waals surface area (Å²) >= 11 is 0. The van der Waals surface area contributed by atoms with Crippen molar-refractivity contribution in [1.29, 1.82) is 0 Å². The average molecular weight is 1000 g/mol. The van der Waals surface area contributed by atoms with Gasteiger partial charge in [0.1, 0.15) is 13.2 Å². The number of carbonyl (C=O) groups excluding carboxylic acids is 3. The standard InChI is InChI=1S/C66H110O6/c1-4-7-10-13-16-19-22-25-27-28-29-30-31-32-33-34-35-36-37-38-39-42-44-47-50-53-56-59-65(68)71-62-63(61-70-64(67)58-55-52-49-46-43-40-24-21-18-15-12-9-6-3)72-66(69)60-57-54-51-48-45-41-26-23-20-17-14-11-8-5-2/h9,12,14,17-18,21-23,25-26,28-29,31-32,40,43,49,52,63H,4-8,10-11,13,15-16,19-20,24,27,30,33-39,41-42,44-48,50-51,53-62H2,1-3H3/b12-9-,17-14-,21-18-,25-22-,26-23-,29-28-,32-31-,43-40-,52-49-. The second kappa shape index (κ2) is 59.6. The first kappa shape index (κ1) is 68.1. The van der Waals surface area contributed by atoms with Crippen LogP contribution in [-0.4, -0.2) is 37.2 Å². The van der Waals surface area contributed by atoms with E-state index in [4.69, 9.17) is 14.2 Å². The molecule has 0 aromatic carbocycles. The van der Waals surface area contributed by atoms with Gasteiger partial charge in [0.2, 0.25) is 0 Å². The first-order chi connectivity index (χ1) is 35.5. The smallest absolute Gasteiger partial charge is 0.306 e. The van der Waals surface area contributed by atoms with Gasteiger partial charge in [0.05, 0.1) is 0 Å². The first-order valence-electron chi connectivity index (χ1n) is 29.9. The van der Waals surface area contributed by atoms with E-state index in [1.165, 1.54) is 122 Å². The zero-order chi connectivity index (χ0) is 52.2. The molecular formula is C66H110O6. The molecule has 0 radical (unpaired) electrons. The number of hydrogen-bond acceptors (Lipinski definition) is 6.